The molecule has 0 aliphatic carbocycles. The minimum absolute atomic E-state index is 0.881. The second kappa shape index (κ2) is 8.05. The molecule has 182 valence electrons. The second-order valence-corrected chi connectivity index (χ2v) is 14.9. The van der Waals surface area contributed by atoms with Gasteiger partial charge in [0.15, 0.2) is 0 Å². The van der Waals surface area contributed by atoms with Crippen molar-refractivity contribution < 1.29 is 60.6 Å². The van der Waals surface area contributed by atoms with Crippen LogP contribution < -0.4 is 0 Å². The molecule has 0 fully saturated rings. The zero-order chi connectivity index (χ0) is 24.9. The molecule has 0 aliphatic rings. The van der Waals surface area contributed by atoms with E-state index in [-0.39, 0.29) is 0 Å². The summed E-state index contributed by atoms with van der Waals surface area (Å²) in [4.78, 5) is 0. The fraction of sp³-hybridized carbons (Fsp3) is 1.00. The van der Waals surface area contributed by atoms with E-state index in [1.807, 2.05) is 0 Å². The van der Waals surface area contributed by atoms with Crippen molar-refractivity contribution in [3.05, 3.63) is 0 Å². The third-order valence-electron chi connectivity index (χ3n) is 4.79. The predicted octanol–water partition coefficient (Wildman–Crippen LogP) is 6.57. The first-order valence-electron chi connectivity index (χ1n) is 8.32. The van der Waals surface area contributed by atoms with Crippen LogP contribution in [0.3, 0.4) is 0 Å². The van der Waals surface area contributed by atoms with Gasteiger partial charge in [-0.05, 0) is 16.6 Å². The van der Waals surface area contributed by atoms with Gasteiger partial charge in [-0.1, -0.05) is 41.5 Å². The summed E-state index contributed by atoms with van der Waals surface area (Å²) in [5, 5.41) is -7.12. The van der Waals surface area contributed by atoms with E-state index in [0.717, 1.165) is 0 Å². The lowest BCUT2D eigenvalue weighted by Crippen LogP contribution is -2.68. The van der Waals surface area contributed by atoms with E-state index in [2.05, 4.69) is 3.87 Å². The summed E-state index contributed by atoms with van der Waals surface area (Å²) in [6.07, 6.45) is -7.38. The molecule has 0 saturated carbocycles. The van der Waals surface area contributed by atoms with Crippen LogP contribution in [0.15, 0.2) is 0 Å². The lowest BCUT2D eigenvalue weighted by Gasteiger charge is -2.43. The van der Waals surface area contributed by atoms with Gasteiger partial charge in [0, 0.05) is 0 Å². The van der Waals surface area contributed by atoms with E-state index in [9.17, 15) is 56.7 Å². The highest BCUT2D eigenvalue weighted by Gasteiger charge is 2.90. The van der Waals surface area contributed by atoms with Crippen LogP contribution in [0.25, 0.3) is 0 Å². The van der Waals surface area contributed by atoms with Gasteiger partial charge in [-0.2, -0.15) is 56.7 Å². The van der Waals surface area contributed by atoms with Gasteiger partial charge in [-0.25, -0.2) is 0 Å². The molecule has 30 heavy (non-hydrogen) atoms. The van der Waals surface area contributed by atoms with Crippen molar-refractivity contribution in [3.63, 3.8) is 0 Å². The number of halogens is 11. The Morgan fingerprint density at radius 1 is 0.600 bits per heavy atom. The Hall–Kier alpha value is -0.643. The van der Waals surface area contributed by atoms with Crippen molar-refractivity contribution in [3.8, 4) is 0 Å². The zero-order valence-electron chi connectivity index (χ0n) is 16.5. The molecule has 0 heterocycles. The van der Waals surface area contributed by atoms with Gasteiger partial charge in [0.05, 0.1) is 0 Å². The van der Waals surface area contributed by atoms with E-state index in [4.69, 9.17) is 0 Å². The maximum absolute atomic E-state index is 14.1. The number of alkyl halides is 11. The number of rotatable bonds is 9. The SMILES string of the molecule is CC(C)[Si](OS(=O)(=O)C(F)(F)C(F)(F)C(F)(F)C(F)(F)C(F)(F)F)(C(C)C)C(C)C. The molecule has 0 amide bonds. The molecule has 3 nitrogen and oxygen atoms in total. The van der Waals surface area contributed by atoms with E-state index in [0.29, 0.717) is 0 Å². The molecule has 0 aliphatic heterocycles. The van der Waals surface area contributed by atoms with E-state index < -0.39 is 64.3 Å². The molecule has 0 aromatic rings. The van der Waals surface area contributed by atoms with Crippen LogP contribution >= 0.6 is 0 Å². The van der Waals surface area contributed by atoms with Crippen molar-refractivity contribution in [1.29, 1.82) is 0 Å². The first kappa shape index (κ1) is 29.4. The van der Waals surface area contributed by atoms with Crippen LogP contribution in [-0.4, -0.2) is 45.9 Å². The van der Waals surface area contributed by atoms with E-state index in [1.54, 1.807) is 0 Å². The predicted molar refractivity (Wildman–Crippen MR) is 86.9 cm³/mol. The minimum atomic E-state index is -7.82. The van der Waals surface area contributed by atoms with Crippen LogP contribution in [0.5, 0.6) is 0 Å². The Balaban J connectivity index is 6.72. The first-order chi connectivity index (χ1) is 12.8. The Labute approximate surface area is 167 Å². The largest absolute Gasteiger partial charge is 0.460 e. The minimum Gasteiger partial charge on any atom is -0.309 e. The van der Waals surface area contributed by atoms with Crippen molar-refractivity contribution in [2.75, 3.05) is 0 Å². The quantitative estimate of drug-likeness (QED) is 0.263. The molecule has 0 atom stereocenters. The molecule has 16 heteroatoms. The lowest BCUT2D eigenvalue weighted by atomic mass is 10.0. The molecule has 0 rings (SSSR count). The third kappa shape index (κ3) is 4.07. The highest BCUT2D eigenvalue weighted by molar-refractivity contribution is 7.89. The molecule has 0 N–H and O–H groups in total. The molecular weight excluding hydrogens is 485 g/mol. The molecule has 0 aromatic carbocycles. The highest BCUT2D eigenvalue weighted by atomic mass is 32.2. The summed E-state index contributed by atoms with van der Waals surface area (Å²) < 4.78 is 173. The van der Waals surface area contributed by atoms with Crippen molar-refractivity contribution in [2.45, 2.75) is 87.4 Å². The standard InChI is InChI=1S/C14H21F11O3SSi/c1-7(2)30(8(3)4,9(5)6)28-29(26,27)14(24,25)12(19,20)10(15,16)11(17,18)13(21,22)23/h7-9H,1-6H3. The second-order valence-electron chi connectivity index (χ2n) is 7.59. The summed E-state index contributed by atoms with van der Waals surface area (Å²) in [7, 11) is -11.2. The fourth-order valence-corrected chi connectivity index (χ4v) is 11.9. The summed E-state index contributed by atoms with van der Waals surface area (Å²) in [5.41, 5.74) is -2.64. The zero-order valence-corrected chi connectivity index (χ0v) is 18.3. The first-order valence-corrected chi connectivity index (χ1v) is 11.9. The monoisotopic (exact) mass is 506 g/mol. The molecular formula is C14H21F11O3SSi. The van der Waals surface area contributed by atoms with Gasteiger partial charge in [-0.15, -0.1) is 0 Å². The Morgan fingerprint density at radius 2 is 0.900 bits per heavy atom. The molecule has 0 aromatic heterocycles. The third-order valence-corrected chi connectivity index (χ3v) is 13.1. The van der Waals surface area contributed by atoms with Crippen molar-refractivity contribution in [2.24, 2.45) is 0 Å². The van der Waals surface area contributed by atoms with Crippen LogP contribution in [0.2, 0.25) is 16.6 Å². The molecule has 0 spiro atoms. The Morgan fingerprint density at radius 3 is 1.13 bits per heavy atom. The van der Waals surface area contributed by atoms with Crippen LogP contribution in [0, 0.1) is 0 Å². The summed E-state index contributed by atoms with van der Waals surface area (Å²) >= 11 is 0. The van der Waals surface area contributed by atoms with Crippen molar-refractivity contribution >= 4 is 18.4 Å². The van der Waals surface area contributed by atoms with Gasteiger partial charge in [-0.3, -0.25) is 0 Å². The average molecular weight is 506 g/mol. The topological polar surface area (TPSA) is 43.4 Å². The summed E-state index contributed by atoms with van der Waals surface area (Å²) in [6.45, 7) is 7.69. The molecule has 0 saturated heterocycles. The van der Waals surface area contributed by atoms with Gasteiger partial charge in [0.1, 0.15) is 0 Å². The van der Waals surface area contributed by atoms with Crippen LogP contribution in [0.1, 0.15) is 41.5 Å². The maximum Gasteiger partial charge on any atom is 0.460 e. The van der Waals surface area contributed by atoms with Gasteiger partial charge in [0.2, 0.25) is 8.32 Å². The van der Waals surface area contributed by atoms with Crippen LogP contribution in [0.4, 0.5) is 48.3 Å². The lowest BCUT2D eigenvalue weighted by molar-refractivity contribution is -0.413. The molecule has 0 bridgehead atoms. The molecule has 0 unspecified atom stereocenters. The maximum atomic E-state index is 14.1. The van der Waals surface area contributed by atoms with Crippen LogP contribution in [-0.2, 0) is 14.0 Å². The number of hydrogen-bond acceptors (Lipinski definition) is 3. The summed E-state index contributed by atoms with van der Waals surface area (Å²) in [6, 6.07) is 0. The van der Waals surface area contributed by atoms with E-state index in [1.165, 1.54) is 41.5 Å². The normalized spacial score (nSPS) is 16.1. The van der Waals surface area contributed by atoms with Crippen molar-refractivity contribution in [1.82, 2.24) is 0 Å². The average Bonchev–Trinajstić information content (AvgIpc) is 2.49. The van der Waals surface area contributed by atoms with E-state index >= 15 is 0 Å². The Kier molecular flexibility index (Phi) is 7.87. The highest BCUT2D eigenvalue weighted by Crippen LogP contribution is 2.59. The number of hydrogen-bond donors (Lipinski definition) is 0. The smallest absolute Gasteiger partial charge is 0.309 e. The summed E-state index contributed by atoms with van der Waals surface area (Å²) in [5.74, 6) is -23.2. The Bertz CT molecular complexity index is 693. The van der Waals surface area contributed by atoms with Gasteiger partial charge < -0.3 is 3.87 Å². The fourth-order valence-electron chi connectivity index (χ4n) is 3.25. The van der Waals surface area contributed by atoms with Gasteiger partial charge in [0.25, 0.3) is 0 Å². The van der Waals surface area contributed by atoms with Gasteiger partial charge >= 0.3 is 39.3 Å². The molecule has 0 radical (unpaired) electrons.